The summed E-state index contributed by atoms with van der Waals surface area (Å²) < 4.78 is 29.1. The molecule has 9 heteroatoms. The number of aromatic nitrogens is 2. The molecule has 1 saturated carbocycles. The van der Waals surface area contributed by atoms with E-state index in [4.69, 9.17) is 0 Å². The Labute approximate surface area is 170 Å². The summed E-state index contributed by atoms with van der Waals surface area (Å²) in [6.45, 7) is 2.18. The van der Waals surface area contributed by atoms with Crippen molar-refractivity contribution in [2.45, 2.75) is 48.7 Å². The number of nitrogens with zero attached hydrogens (tertiary/aromatic N) is 2. The first kappa shape index (κ1) is 20.9. The van der Waals surface area contributed by atoms with Gasteiger partial charge in [0.1, 0.15) is 5.75 Å². The Bertz CT molecular complexity index is 902. The van der Waals surface area contributed by atoms with Gasteiger partial charge in [-0.2, -0.15) is 0 Å². The Kier molecular flexibility index (Phi) is 6.79. The minimum absolute atomic E-state index is 0.0589. The second-order valence-corrected chi connectivity index (χ2v) is 10.1. The van der Waals surface area contributed by atoms with Crippen LogP contribution in [0.15, 0.2) is 46.7 Å². The van der Waals surface area contributed by atoms with Crippen molar-refractivity contribution in [3.05, 3.63) is 36.7 Å². The van der Waals surface area contributed by atoms with Crippen molar-refractivity contribution in [3.8, 4) is 0 Å². The van der Waals surface area contributed by atoms with Crippen LogP contribution in [0.4, 0.5) is 5.69 Å². The Morgan fingerprint density at radius 3 is 2.50 bits per heavy atom. The van der Waals surface area contributed by atoms with Crippen LogP contribution in [0, 0.1) is 5.92 Å². The maximum atomic E-state index is 12.3. The standard InChI is InChI=1S/C19H26N4O3S2/c1-14-3-5-16(6-4-14)22-28(25,26)13-18(24)21-15-7-9-17(10-8-15)27-19-20-11-12-23(19)2/h7-12,14,16,22H,3-6,13H2,1-2H3,(H,21,24). The number of hydrogen-bond donors (Lipinski definition) is 2. The summed E-state index contributed by atoms with van der Waals surface area (Å²) in [4.78, 5) is 17.4. The number of imidazole rings is 1. The van der Waals surface area contributed by atoms with Crippen molar-refractivity contribution < 1.29 is 13.2 Å². The van der Waals surface area contributed by atoms with Gasteiger partial charge in [-0.1, -0.05) is 18.7 Å². The molecule has 1 aromatic carbocycles. The molecule has 1 heterocycles. The molecule has 0 unspecified atom stereocenters. The van der Waals surface area contributed by atoms with Crippen molar-refractivity contribution in [2.75, 3.05) is 11.1 Å². The molecule has 0 aliphatic heterocycles. The Hall–Kier alpha value is -1.84. The summed E-state index contributed by atoms with van der Waals surface area (Å²) in [6.07, 6.45) is 7.30. The largest absolute Gasteiger partial charge is 0.329 e. The molecule has 1 amide bonds. The van der Waals surface area contributed by atoms with Crippen molar-refractivity contribution in [2.24, 2.45) is 13.0 Å². The number of carbonyl (C=O) groups is 1. The van der Waals surface area contributed by atoms with Gasteiger partial charge in [0.2, 0.25) is 15.9 Å². The topological polar surface area (TPSA) is 93.1 Å². The summed E-state index contributed by atoms with van der Waals surface area (Å²) in [6, 6.07) is 7.18. The number of benzene rings is 1. The molecule has 3 rings (SSSR count). The SMILES string of the molecule is CC1CCC(NS(=O)(=O)CC(=O)Nc2ccc(Sc3nccn3C)cc2)CC1. The monoisotopic (exact) mass is 422 g/mol. The molecule has 0 radical (unpaired) electrons. The molecule has 2 aromatic rings. The van der Waals surface area contributed by atoms with E-state index in [0.717, 1.165) is 35.7 Å². The van der Waals surface area contributed by atoms with E-state index in [1.807, 2.05) is 29.9 Å². The quantitative estimate of drug-likeness (QED) is 0.715. The third-order valence-electron chi connectivity index (χ3n) is 4.81. The maximum absolute atomic E-state index is 12.3. The Balaban J connectivity index is 1.50. The van der Waals surface area contributed by atoms with E-state index in [2.05, 4.69) is 21.9 Å². The van der Waals surface area contributed by atoms with E-state index in [1.165, 1.54) is 11.8 Å². The molecule has 1 aliphatic carbocycles. The van der Waals surface area contributed by atoms with Gasteiger partial charge in [-0.15, -0.1) is 0 Å². The van der Waals surface area contributed by atoms with Gasteiger partial charge in [0.15, 0.2) is 5.16 Å². The fraction of sp³-hybridized carbons (Fsp3) is 0.474. The van der Waals surface area contributed by atoms with Crippen LogP contribution in [0.25, 0.3) is 0 Å². The fourth-order valence-electron chi connectivity index (χ4n) is 3.21. The first-order chi connectivity index (χ1) is 13.3. The Morgan fingerprint density at radius 1 is 1.21 bits per heavy atom. The number of amides is 1. The zero-order valence-electron chi connectivity index (χ0n) is 16.1. The smallest absolute Gasteiger partial charge is 0.240 e. The molecule has 152 valence electrons. The average molecular weight is 423 g/mol. The zero-order chi connectivity index (χ0) is 20.1. The highest BCUT2D eigenvalue weighted by Crippen LogP contribution is 2.27. The normalized spacial score (nSPS) is 20.1. The molecule has 2 N–H and O–H groups in total. The highest BCUT2D eigenvalue weighted by Gasteiger charge is 2.24. The molecule has 1 aromatic heterocycles. The maximum Gasteiger partial charge on any atom is 0.240 e. The van der Waals surface area contributed by atoms with Gasteiger partial charge in [-0.25, -0.2) is 18.1 Å². The van der Waals surface area contributed by atoms with Crippen LogP contribution in [-0.2, 0) is 21.9 Å². The molecular formula is C19H26N4O3S2. The third-order valence-corrected chi connectivity index (χ3v) is 7.23. The van der Waals surface area contributed by atoms with Crippen LogP contribution in [0.3, 0.4) is 0 Å². The van der Waals surface area contributed by atoms with Gasteiger partial charge in [-0.3, -0.25) is 4.79 Å². The van der Waals surface area contributed by atoms with Crippen molar-refractivity contribution in [3.63, 3.8) is 0 Å². The number of nitrogens with one attached hydrogen (secondary N) is 2. The molecule has 0 bridgehead atoms. The molecule has 0 saturated heterocycles. The van der Waals surface area contributed by atoms with Gasteiger partial charge in [0.05, 0.1) is 0 Å². The highest BCUT2D eigenvalue weighted by atomic mass is 32.2. The average Bonchev–Trinajstić information content (AvgIpc) is 3.03. The second-order valence-electron chi connectivity index (χ2n) is 7.33. The third kappa shape index (κ3) is 6.08. The van der Waals surface area contributed by atoms with Crippen LogP contribution in [-0.4, -0.2) is 35.7 Å². The first-order valence-corrected chi connectivity index (χ1v) is 11.8. The lowest BCUT2D eigenvalue weighted by Gasteiger charge is -2.26. The predicted molar refractivity (Wildman–Crippen MR) is 111 cm³/mol. The highest BCUT2D eigenvalue weighted by molar-refractivity contribution is 7.99. The van der Waals surface area contributed by atoms with Crippen LogP contribution < -0.4 is 10.0 Å². The van der Waals surface area contributed by atoms with Crippen molar-refractivity contribution in [1.29, 1.82) is 0 Å². The van der Waals surface area contributed by atoms with E-state index in [1.54, 1.807) is 18.3 Å². The summed E-state index contributed by atoms with van der Waals surface area (Å²) in [5.41, 5.74) is 0.566. The minimum atomic E-state index is -3.64. The first-order valence-electron chi connectivity index (χ1n) is 9.36. The molecule has 0 spiro atoms. The lowest BCUT2D eigenvalue weighted by atomic mass is 9.88. The summed E-state index contributed by atoms with van der Waals surface area (Å²) in [7, 11) is -1.72. The number of sulfonamides is 1. The van der Waals surface area contributed by atoms with Gasteiger partial charge in [-0.05, 0) is 55.9 Å². The van der Waals surface area contributed by atoms with Crippen LogP contribution in [0.2, 0.25) is 0 Å². The summed E-state index contributed by atoms with van der Waals surface area (Å²) >= 11 is 1.51. The van der Waals surface area contributed by atoms with E-state index in [0.29, 0.717) is 11.6 Å². The number of carbonyl (C=O) groups excluding carboxylic acids is 1. The molecule has 0 atom stereocenters. The number of hydrogen-bond acceptors (Lipinski definition) is 5. The van der Waals surface area contributed by atoms with Crippen LogP contribution >= 0.6 is 11.8 Å². The molecular weight excluding hydrogens is 396 g/mol. The van der Waals surface area contributed by atoms with Crippen LogP contribution in [0.1, 0.15) is 32.6 Å². The molecule has 28 heavy (non-hydrogen) atoms. The Morgan fingerprint density at radius 2 is 1.89 bits per heavy atom. The van der Waals surface area contributed by atoms with Crippen molar-refractivity contribution >= 4 is 33.4 Å². The molecule has 1 aliphatic rings. The lowest BCUT2D eigenvalue weighted by Crippen LogP contribution is -2.41. The van der Waals surface area contributed by atoms with Gasteiger partial charge in [0.25, 0.3) is 0 Å². The lowest BCUT2D eigenvalue weighted by molar-refractivity contribution is -0.113. The number of anilines is 1. The van der Waals surface area contributed by atoms with Gasteiger partial charge < -0.3 is 9.88 Å². The van der Waals surface area contributed by atoms with E-state index in [9.17, 15) is 13.2 Å². The number of aryl methyl sites for hydroxylation is 1. The summed E-state index contributed by atoms with van der Waals surface area (Å²) in [5, 5.41) is 3.52. The fourth-order valence-corrected chi connectivity index (χ4v) is 5.25. The molecule has 7 nitrogen and oxygen atoms in total. The van der Waals surface area contributed by atoms with Gasteiger partial charge in [0, 0.05) is 36.1 Å². The molecule has 1 fully saturated rings. The predicted octanol–water partition coefficient (Wildman–Crippen LogP) is 3.01. The summed E-state index contributed by atoms with van der Waals surface area (Å²) in [5.74, 6) is -0.466. The van der Waals surface area contributed by atoms with E-state index >= 15 is 0 Å². The number of rotatable bonds is 7. The van der Waals surface area contributed by atoms with Gasteiger partial charge >= 0.3 is 0 Å². The van der Waals surface area contributed by atoms with E-state index < -0.39 is 21.7 Å². The van der Waals surface area contributed by atoms with Crippen molar-refractivity contribution in [1.82, 2.24) is 14.3 Å². The second kappa shape index (κ2) is 9.11. The zero-order valence-corrected chi connectivity index (χ0v) is 17.7. The van der Waals surface area contributed by atoms with Crippen LogP contribution in [0.5, 0.6) is 0 Å². The minimum Gasteiger partial charge on any atom is -0.329 e. The van der Waals surface area contributed by atoms with E-state index in [-0.39, 0.29) is 6.04 Å².